The lowest BCUT2D eigenvalue weighted by Crippen LogP contribution is -2.29. The molecule has 0 aromatic heterocycles. The molecule has 0 spiro atoms. The van der Waals surface area contributed by atoms with Crippen LogP contribution in [0.5, 0.6) is 0 Å². The Morgan fingerprint density at radius 3 is 2.27 bits per heavy atom. The van der Waals surface area contributed by atoms with Crippen molar-refractivity contribution in [2.24, 2.45) is 5.92 Å². The van der Waals surface area contributed by atoms with Crippen LogP contribution >= 0.6 is 0 Å². The van der Waals surface area contributed by atoms with Gasteiger partial charge in [0.15, 0.2) is 0 Å². The number of aliphatic carboxylic acids is 1. The first-order valence-electron chi connectivity index (χ1n) is 4.78. The van der Waals surface area contributed by atoms with Gasteiger partial charge in [0, 0.05) is 0 Å². The fourth-order valence-electron chi connectivity index (χ4n) is 1.75. The largest absolute Gasteiger partial charge is 0.488 e. The van der Waals surface area contributed by atoms with Crippen molar-refractivity contribution in [3.63, 3.8) is 0 Å². The highest BCUT2D eigenvalue weighted by atomic mass is 16.4. The monoisotopic (exact) mass is 206 g/mol. The molecule has 4 nitrogen and oxygen atoms in total. The third-order valence-electron chi connectivity index (χ3n) is 2.77. The van der Waals surface area contributed by atoms with Crippen LogP contribution in [0.25, 0.3) is 0 Å². The van der Waals surface area contributed by atoms with Crippen molar-refractivity contribution in [2.45, 2.75) is 12.3 Å². The average molecular weight is 206 g/mol. The van der Waals surface area contributed by atoms with Crippen molar-refractivity contribution in [1.29, 1.82) is 0 Å². The highest BCUT2D eigenvalue weighted by molar-refractivity contribution is 6.58. The van der Waals surface area contributed by atoms with Gasteiger partial charge in [0.05, 0.1) is 5.92 Å². The van der Waals surface area contributed by atoms with E-state index < -0.39 is 13.1 Å². The molecule has 1 aromatic rings. The van der Waals surface area contributed by atoms with E-state index in [4.69, 9.17) is 15.2 Å². The first-order valence-corrected chi connectivity index (χ1v) is 4.78. The number of carboxylic acid groups (broad SMARTS) is 1. The van der Waals surface area contributed by atoms with Gasteiger partial charge in [-0.1, -0.05) is 24.3 Å². The molecule has 15 heavy (non-hydrogen) atoms. The van der Waals surface area contributed by atoms with Gasteiger partial charge in [-0.2, -0.15) is 0 Å². The van der Waals surface area contributed by atoms with Crippen LogP contribution in [0.1, 0.15) is 17.9 Å². The summed E-state index contributed by atoms with van der Waals surface area (Å²) in [7, 11) is -1.46. The minimum Gasteiger partial charge on any atom is -0.481 e. The van der Waals surface area contributed by atoms with Gasteiger partial charge in [0.1, 0.15) is 0 Å². The minimum atomic E-state index is -1.46. The quantitative estimate of drug-likeness (QED) is 0.585. The summed E-state index contributed by atoms with van der Waals surface area (Å²) in [5.74, 6) is -0.937. The summed E-state index contributed by atoms with van der Waals surface area (Å²) in [6.45, 7) is 0. The van der Waals surface area contributed by atoms with Gasteiger partial charge in [0.25, 0.3) is 0 Å². The van der Waals surface area contributed by atoms with Crippen LogP contribution in [0.2, 0.25) is 0 Å². The Morgan fingerprint density at radius 1 is 1.27 bits per heavy atom. The number of carbonyl (C=O) groups is 1. The highest BCUT2D eigenvalue weighted by Gasteiger charge is 2.44. The molecule has 3 N–H and O–H groups in total. The Morgan fingerprint density at radius 2 is 1.87 bits per heavy atom. The normalized spacial score (nSPS) is 23.6. The molecule has 2 atom stereocenters. The zero-order valence-electron chi connectivity index (χ0n) is 8.00. The zero-order chi connectivity index (χ0) is 11.0. The Hall–Kier alpha value is -1.33. The highest BCUT2D eigenvalue weighted by Crippen LogP contribution is 2.47. The van der Waals surface area contributed by atoms with Crippen LogP contribution in [0, 0.1) is 5.92 Å². The second kappa shape index (κ2) is 3.68. The molecule has 0 radical (unpaired) electrons. The van der Waals surface area contributed by atoms with E-state index in [1.807, 2.05) is 0 Å². The zero-order valence-corrected chi connectivity index (χ0v) is 8.00. The summed E-state index contributed by atoms with van der Waals surface area (Å²) in [5, 5.41) is 26.5. The fraction of sp³-hybridized carbons (Fsp3) is 0.300. The molecule has 5 heteroatoms. The van der Waals surface area contributed by atoms with Gasteiger partial charge < -0.3 is 15.2 Å². The van der Waals surface area contributed by atoms with E-state index >= 15 is 0 Å². The van der Waals surface area contributed by atoms with E-state index in [-0.39, 0.29) is 11.8 Å². The van der Waals surface area contributed by atoms with Gasteiger partial charge >= 0.3 is 13.1 Å². The molecule has 0 heterocycles. The van der Waals surface area contributed by atoms with E-state index in [1.165, 1.54) is 0 Å². The van der Waals surface area contributed by atoms with Crippen molar-refractivity contribution >= 4 is 18.6 Å². The fourth-order valence-corrected chi connectivity index (χ4v) is 1.75. The number of rotatable bonds is 3. The van der Waals surface area contributed by atoms with Crippen LogP contribution in [-0.4, -0.2) is 28.2 Å². The Labute approximate surface area is 87.3 Å². The average Bonchev–Trinajstić information content (AvgIpc) is 2.97. The standard InChI is InChI=1S/C10H11BO4/c12-10(13)9-5-8(9)6-1-3-7(4-2-6)11(14)15/h1-4,8-9,14-15H,5H2,(H,12,13). The molecule has 1 fully saturated rings. The maximum absolute atomic E-state index is 10.6. The molecular weight excluding hydrogens is 195 g/mol. The van der Waals surface area contributed by atoms with Crippen LogP contribution in [0.3, 0.4) is 0 Å². The molecule has 0 saturated heterocycles. The van der Waals surface area contributed by atoms with Crippen molar-refractivity contribution in [1.82, 2.24) is 0 Å². The first kappa shape index (κ1) is 10.2. The number of hydrogen-bond donors (Lipinski definition) is 3. The summed E-state index contributed by atoms with van der Waals surface area (Å²) in [5.41, 5.74) is 1.37. The number of hydrogen-bond acceptors (Lipinski definition) is 3. The van der Waals surface area contributed by atoms with Gasteiger partial charge in [-0.05, 0) is 23.4 Å². The topological polar surface area (TPSA) is 77.8 Å². The molecule has 0 bridgehead atoms. The molecule has 1 saturated carbocycles. The Balaban J connectivity index is 2.09. The molecule has 1 aliphatic rings. The van der Waals surface area contributed by atoms with Crippen molar-refractivity contribution in [3.8, 4) is 0 Å². The van der Waals surface area contributed by atoms with Gasteiger partial charge in [-0.3, -0.25) is 4.79 Å². The second-order valence-corrected chi connectivity index (χ2v) is 3.83. The van der Waals surface area contributed by atoms with E-state index in [0.717, 1.165) is 5.56 Å². The molecule has 0 aliphatic heterocycles. The maximum atomic E-state index is 10.6. The summed E-state index contributed by atoms with van der Waals surface area (Å²) in [6.07, 6.45) is 0.677. The van der Waals surface area contributed by atoms with E-state index in [0.29, 0.717) is 11.9 Å². The summed E-state index contributed by atoms with van der Waals surface area (Å²) in [4.78, 5) is 10.6. The van der Waals surface area contributed by atoms with E-state index in [1.54, 1.807) is 24.3 Å². The maximum Gasteiger partial charge on any atom is 0.488 e. The second-order valence-electron chi connectivity index (χ2n) is 3.83. The summed E-state index contributed by atoms with van der Waals surface area (Å²) >= 11 is 0. The lowest BCUT2D eigenvalue weighted by molar-refractivity contribution is -0.138. The summed E-state index contributed by atoms with van der Waals surface area (Å²) in [6, 6.07) is 6.72. The van der Waals surface area contributed by atoms with E-state index in [9.17, 15) is 4.79 Å². The SMILES string of the molecule is O=C(O)C1CC1c1ccc(B(O)O)cc1. The molecule has 1 aromatic carbocycles. The Bertz CT molecular complexity index is 374. The van der Waals surface area contributed by atoms with E-state index in [2.05, 4.69) is 0 Å². The van der Waals surface area contributed by atoms with Crippen LogP contribution in [-0.2, 0) is 4.79 Å². The predicted octanol–water partition coefficient (Wildman–Crippen LogP) is -0.445. The number of carboxylic acids is 1. The van der Waals surface area contributed by atoms with Crippen LogP contribution in [0.4, 0.5) is 0 Å². The predicted molar refractivity (Wildman–Crippen MR) is 54.8 cm³/mol. The third kappa shape index (κ3) is 2.03. The molecule has 2 rings (SSSR count). The first-order chi connectivity index (χ1) is 7.09. The smallest absolute Gasteiger partial charge is 0.481 e. The molecule has 2 unspecified atom stereocenters. The van der Waals surface area contributed by atoms with Crippen LogP contribution < -0.4 is 5.46 Å². The number of benzene rings is 1. The third-order valence-corrected chi connectivity index (χ3v) is 2.77. The van der Waals surface area contributed by atoms with Gasteiger partial charge in [0.2, 0.25) is 0 Å². The Kier molecular flexibility index (Phi) is 2.50. The molecule has 1 aliphatic carbocycles. The van der Waals surface area contributed by atoms with Gasteiger partial charge in [-0.25, -0.2) is 0 Å². The van der Waals surface area contributed by atoms with Crippen molar-refractivity contribution in [3.05, 3.63) is 29.8 Å². The summed E-state index contributed by atoms with van der Waals surface area (Å²) < 4.78 is 0. The van der Waals surface area contributed by atoms with Crippen molar-refractivity contribution < 1.29 is 19.9 Å². The van der Waals surface area contributed by atoms with Crippen molar-refractivity contribution in [2.75, 3.05) is 0 Å². The molecule has 0 amide bonds. The molecular formula is C10H11BO4. The van der Waals surface area contributed by atoms with Gasteiger partial charge in [-0.15, -0.1) is 0 Å². The van der Waals surface area contributed by atoms with Crippen LogP contribution in [0.15, 0.2) is 24.3 Å². The minimum absolute atomic E-state index is 0.0902. The lowest BCUT2D eigenvalue weighted by atomic mass is 9.80. The lowest BCUT2D eigenvalue weighted by Gasteiger charge is -2.01. The molecule has 78 valence electrons.